The van der Waals surface area contributed by atoms with Crippen molar-refractivity contribution in [3.8, 4) is 0 Å². The van der Waals surface area contributed by atoms with E-state index >= 15 is 0 Å². The first-order valence-corrected chi connectivity index (χ1v) is 7.71. The molecule has 1 unspecified atom stereocenters. The minimum atomic E-state index is 0.524. The maximum atomic E-state index is 5.84. The van der Waals surface area contributed by atoms with Gasteiger partial charge in [-0.05, 0) is 19.8 Å². The van der Waals surface area contributed by atoms with E-state index in [0.717, 1.165) is 62.9 Å². The SMILES string of the molecule is CCc1cc(N2CCN(C(CC)CN)CC2)nc(C)n1. The fourth-order valence-electron chi connectivity index (χ4n) is 2.85. The van der Waals surface area contributed by atoms with Gasteiger partial charge in [-0.15, -0.1) is 0 Å². The van der Waals surface area contributed by atoms with Gasteiger partial charge in [0.2, 0.25) is 0 Å². The molecule has 1 aromatic rings. The fraction of sp³-hybridized carbons (Fsp3) is 0.733. The fourth-order valence-corrected chi connectivity index (χ4v) is 2.85. The Morgan fingerprint density at radius 3 is 2.45 bits per heavy atom. The summed E-state index contributed by atoms with van der Waals surface area (Å²) in [5.74, 6) is 1.95. The van der Waals surface area contributed by atoms with Crippen molar-refractivity contribution in [1.29, 1.82) is 0 Å². The van der Waals surface area contributed by atoms with Crippen LogP contribution in [-0.4, -0.2) is 53.6 Å². The Hall–Kier alpha value is -1.20. The second-order valence-electron chi connectivity index (χ2n) is 5.44. The lowest BCUT2D eigenvalue weighted by molar-refractivity contribution is 0.184. The van der Waals surface area contributed by atoms with Crippen molar-refractivity contribution in [3.63, 3.8) is 0 Å². The maximum Gasteiger partial charge on any atom is 0.132 e. The van der Waals surface area contributed by atoms with Crippen LogP contribution in [-0.2, 0) is 6.42 Å². The molecule has 1 atom stereocenters. The molecule has 0 amide bonds. The number of aromatic nitrogens is 2. The van der Waals surface area contributed by atoms with Crippen LogP contribution in [0.4, 0.5) is 5.82 Å². The molecule has 2 rings (SSSR count). The molecule has 1 aromatic heterocycles. The Kier molecular flexibility index (Phi) is 5.31. The average Bonchev–Trinajstić information content (AvgIpc) is 2.48. The van der Waals surface area contributed by atoms with Crippen LogP contribution in [0.1, 0.15) is 31.8 Å². The lowest BCUT2D eigenvalue weighted by Crippen LogP contribution is -2.52. The summed E-state index contributed by atoms with van der Waals surface area (Å²) >= 11 is 0. The number of rotatable bonds is 5. The van der Waals surface area contributed by atoms with Crippen LogP contribution >= 0.6 is 0 Å². The summed E-state index contributed by atoms with van der Waals surface area (Å²) in [5.41, 5.74) is 6.97. The predicted molar refractivity (Wildman–Crippen MR) is 83.1 cm³/mol. The van der Waals surface area contributed by atoms with Gasteiger partial charge in [0.15, 0.2) is 0 Å². The summed E-state index contributed by atoms with van der Waals surface area (Å²) in [5, 5.41) is 0. The average molecular weight is 277 g/mol. The molecule has 5 heteroatoms. The highest BCUT2D eigenvalue weighted by molar-refractivity contribution is 5.40. The molecule has 0 radical (unpaired) electrons. The number of nitrogens with two attached hydrogens (primary N) is 1. The molecule has 2 heterocycles. The van der Waals surface area contributed by atoms with Gasteiger partial charge in [0.25, 0.3) is 0 Å². The van der Waals surface area contributed by atoms with Crippen molar-refractivity contribution < 1.29 is 0 Å². The minimum Gasteiger partial charge on any atom is -0.354 e. The van der Waals surface area contributed by atoms with Crippen LogP contribution in [0.5, 0.6) is 0 Å². The molecule has 1 aliphatic heterocycles. The molecular formula is C15H27N5. The Bertz CT molecular complexity index is 422. The van der Waals surface area contributed by atoms with E-state index in [2.05, 4.69) is 39.7 Å². The lowest BCUT2D eigenvalue weighted by atomic mass is 10.1. The van der Waals surface area contributed by atoms with Crippen molar-refractivity contribution in [1.82, 2.24) is 14.9 Å². The van der Waals surface area contributed by atoms with E-state index in [1.165, 1.54) is 0 Å². The van der Waals surface area contributed by atoms with Crippen molar-refractivity contribution in [2.45, 2.75) is 39.7 Å². The second kappa shape index (κ2) is 6.99. The zero-order valence-corrected chi connectivity index (χ0v) is 13.0. The number of hydrogen-bond acceptors (Lipinski definition) is 5. The second-order valence-corrected chi connectivity index (χ2v) is 5.44. The number of anilines is 1. The molecule has 2 N–H and O–H groups in total. The molecule has 112 valence electrons. The van der Waals surface area contributed by atoms with E-state index in [-0.39, 0.29) is 0 Å². The molecule has 1 aliphatic rings. The third-order valence-electron chi connectivity index (χ3n) is 4.14. The summed E-state index contributed by atoms with van der Waals surface area (Å²) in [6.07, 6.45) is 2.09. The molecule has 0 aromatic carbocycles. The van der Waals surface area contributed by atoms with Crippen LogP contribution < -0.4 is 10.6 Å². The highest BCUT2D eigenvalue weighted by atomic mass is 15.3. The van der Waals surface area contributed by atoms with Gasteiger partial charge in [-0.1, -0.05) is 13.8 Å². The summed E-state index contributed by atoms with van der Waals surface area (Å²) in [6.45, 7) is 11.3. The van der Waals surface area contributed by atoms with Crippen LogP contribution in [0.3, 0.4) is 0 Å². The summed E-state index contributed by atoms with van der Waals surface area (Å²) < 4.78 is 0. The topological polar surface area (TPSA) is 58.3 Å². The van der Waals surface area contributed by atoms with Gasteiger partial charge in [0.1, 0.15) is 11.6 Å². The maximum absolute atomic E-state index is 5.84. The highest BCUT2D eigenvalue weighted by Gasteiger charge is 2.22. The Balaban J connectivity index is 2.01. The van der Waals surface area contributed by atoms with E-state index in [4.69, 9.17) is 5.73 Å². The first-order chi connectivity index (χ1) is 9.67. The lowest BCUT2D eigenvalue weighted by Gasteiger charge is -2.39. The predicted octanol–water partition coefficient (Wildman–Crippen LogP) is 1.21. The van der Waals surface area contributed by atoms with Gasteiger partial charge in [-0.3, -0.25) is 4.90 Å². The number of nitrogens with zero attached hydrogens (tertiary/aromatic N) is 4. The largest absolute Gasteiger partial charge is 0.354 e. The zero-order valence-electron chi connectivity index (χ0n) is 13.0. The Morgan fingerprint density at radius 2 is 1.90 bits per heavy atom. The van der Waals surface area contributed by atoms with E-state index in [0.29, 0.717) is 6.04 Å². The summed E-state index contributed by atoms with van der Waals surface area (Å²) in [4.78, 5) is 13.9. The quantitative estimate of drug-likeness (QED) is 0.876. The van der Waals surface area contributed by atoms with Crippen LogP contribution in [0, 0.1) is 6.92 Å². The number of hydrogen-bond donors (Lipinski definition) is 1. The molecular weight excluding hydrogens is 250 g/mol. The molecule has 0 saturated carbocycles. The van der Waals surface area contributed by atoms with Gasteiger partial charge in [-0.25, -0.2) is 9.97 Å². The van der Waals surface area contributed by atoms with Crippen LogP contribution in [0.2, 0.25) is 0 Å². The minimum absolute atomic E-state index is 0.524. The normalized spacial score (nSPS) is 18.3. The van der Waals surface area contributed by atoms with Gasteiger partial charge in [0, 0.05) is 50.5 Å². The number of aryl methyl sites for hydroxylation is 2. The van der Waals surface area contributed by atoms with Crippen LogP contribution in [0.15, 0.2) is 6.07 Å². The zero-order chi connectivity index (χ0) is 14.5. The van der Waals surface area contributed by atoms with E-state index in [1.807, 2.05) is 6.92 Å². The van der Waals surface area contributed by atoms with Crippen molar-refractivity contribution in [2.75, 3.05) is 37.6 Å². The highest BCUT2D eigenvalue weighted by Crippen LogP contribution is 2.17. The molecule has 0 bridgehead atoms. The monoisotopic (exact) mass is 277 g/mol. The van der Waals surface area contributed by atoms with Gasteiger partial charge in [0.05, 0.1) is 0 Å². The smallest absolute Gasteiger partial charge is 0.132 e. The third-order valence-corrected chi connectivity index (χ3v) is 4.14. The molecule has 1 fully saturated rings. The van der Waals surface area contributed by atoms with Gasteiger partial charge >= 0.3 is 0 Å². The summed E-state index contributed by atoms with van der Waals surface area (Å²) in [6, 6.07) is 2.65. The standard InChI is InChI=1S/C15H27N5/c1-4-13-10-15(18-12(3)17-13)20-8-6-19(7-9-20)14(5-2)11-16/h10,14H,4-9,11,16H2,1-3H3. The first-order valence-electron chi connectivity index (χ1n) is 7.71. The van der Waals surface area contributed by atoms with E-state index in [9.17, 15) is 0 Å². The Labute approximate surface area is 122 Å². The van der Waals surface area contributed by atoms with Gasteiger partial charge < -0.3 is 10.6 Å². The Morgan fingerprint density at radius 1 is 1.20 bits per heavy atom. The van der Waals surface area contributed by atoms with Crippen molar-refractivity contribution in [3.05, 3.63) is 17.6 Å². The molecule has 20 heavy (non-hydrogen) atoms. The first kappa shape index (κ1) is 15.2. The molecule has 0 aliphatic carbocycles. The molecule has 5 nitrogen and oxygen atoms in total. The van der Waals surface area contributed by atoms with Gasteiger partial charge in [-0.2, -0.15) is 0 Å². The van der Waals surface area contributed by atoms with E-state index < -0.39 is 0 Å². The van der Waals surface area contributed by atoms with Crippen molar-refractivity contribution in [2.24, 2.45) is 5.73 Å². The third kappa shape index (κ3) is 3.46. The van der Waals surface area contributed by atoms with Crippen molar-refractivity contribution >= 4 is 5.82 Å². The molecule has 1 saturated heterocycles. The summed E-state index contributed by atoms with van der Waals surface area (Å²) in [7, 11) is 0. The van der Waals surface area contributed by atoms with E-state index in [1.54, 1.807) is 0 Å². The van der Waals surface area contributed by atoms with Crippen LogP contribution in [0.25, 0.3) is 0 Å². The molecule has 0 spiro atoms. The number of piperazine rings is 1.